The summed E-state index contributed by atoms with van der Waals surface area (Å²) in [4.78, 5) is 55.6. The number of phenols is 1. The quantitative estimate of drug-likeness (QED) is 0.0328. The van der Waals surface area contributed by atoms with Gasteiger partial charge in [0.05, 0.1) is 45.2 Å². The third-order valence-corrected chi connectivity index (χ3v) is 14.1. The van der Waals surface area contributed by atoms with Gasteiger partial charge < -0.3 is 120 Å². The number of nitrogens with zero attached hydrogens (tertiary/aromatic N) is 1. The number of carbonyl (C=O) groups excluding carboxylic acids is 3. The van der Waals surface area contributed by atoms with Gasteiger partial charge in [-0.1, -0.05) is 43.9 Å². The number of para-hydroxylation sites is 1. The fourth-order valence-corrected chi connectivity index (χ4v) is 9.74. The van der Waals surface area contributed by atoms with E-state index in [2.05, 4.69) is 20.4 Å². The van der Waals surface area contributed by atoms with Gasteiger partial charge in [-0.2, -0.15) is 0 Å². The first kappa shape index (κ1) is 62.7. The van der Waals surface area contributed by atoms with Crippen LogP contribution in [-0.2, 0) is 57.0 Å². The van der Waals surface area contributed by atoms with Gasteiger partial charge in [0, 0.05) is 31.8 Å². The minimum atomic E-state index is -3.18. The zero-order chi connectivity index (χ0) is 57.2. The second kappa shape index (κ2) is 28.3. The van der Waals surface area contributed by atoms with Gasteiger partial charge in [0.15, 0.2) is 18.9 Å². The number of rotatable bonds is 25. The van der Waals surface area contributed by atoms with Crippen molar-refractivity contribution >= 4 is 34.7 Å². The zero-order valence-corrected chi connectivity index (χ0v) is 43.0. The molecule has 15 N–H and O–H groups in total. The summed E-state index contributed by atoms with van der Waals surface area (Å²) in [6.45, 7) is -0.860. The highest BCUT2D eigenvalue weighted by atomic mass is 16.8. The number of aromatic nitrogens is 1. The molecule has 0 bridgehead atoms. The number of phenolic OH excluding ortho intramolecular Hbond substituents is 1. The third kappa shape index (κ3) is 14.7. The number of aromatic hydroxyl groups is 1. The highest BCUT2D eigenvalue weighted by Crippen LogP contribution is 2.39. The minimum absolute atomic E-state index is 0.0402. The number of benzene rings is 1. The van der Waals surface area contributed by atoms with Crippen molar-refractivity contribution in [1.82, 2.24) is 15.6 Å². The van der Waals surface area contributed by atoms with Crippen LogP contribution in [0.15, 0.2) is 30.3 Å². The van der Waals surface area contributed by atoms with Crippen molar-refractivity contribution in [2.45, 2.75) is 194 Å². The fraction of sp³-hybridized carbons (Fsp3) is 0.735. The lowest BCUT2D eigenvalue weighted by Gasteiger charge is -2.51. The molecule has 21 atom stereocenters. The van der Waals surface area contributed by atoms with E-state index >= 15 is 0 Å². The standard InChI is InChI=1S/C49H73N3O26/c1-21-34(61)37(64)38(65)46(72-21)76-42-33(52-44(67)24-15-14-23-11-10-12-25(57)31(23)51-24)45(71-16-9-7-5-4-6-8-13-30(60)70-3)74-29(20-55)40(42)75-47-39(66)43(36(63)28(19-54)73-47)78-49(48(68)69)17-26(58)32(50-22(2)56)41(77-49)35(62)27(59)18-53/h10-12,14-15,21,26-29,32-43,45-47,53-55,57-59,61-66H,4-9,13,16-20H2,1-3H3,(H,50,56)(H,52,67)(H,68,69)/t21?,26?,27?,28?,29?,32-,33?,34+,35?,36-,37?,38?,39?,40+,41?,42?,43?,45-,46+,47?,49+/m1/s1. The summed E-state index contributed by atoms with van der Waals surface area (Å²) >= 11 is 0. The van der Waals surface area contributed by atoms with Crippen LogP contribution >= 0.6 is 0 Å². The molecule has 2 amide bonds. The van der Waals surface area contributed by atoms with E-state index in [9.17, 15) is 85.6 Å². The van der Waals surface area contributed by atoms with Crippen molar-refractivity contribution in [2.75, 3.05) is 33.5 Å². The molecule has 14 unspecified atom stereocenters. The lowest BCUT2D eigenvalue weighted by Crippen LogP contribution is -2.71. The largest absolute Gasteiger partial charge is 0.506 e. The second-order valence-corrected chi connectivity index (χ2v) is 19.6. The van der Waals surface area contributed by atoms with Crippen molar-refractivity contribution in [2.24, 2.45) is 0 Å². The molecule has 4 aliphatic rings. The molecule has 1 aromatic heterocycles. The van der Waals surface area contributed by atoms with Crippen molar-refractivity contribution in [3.05, 3.63) is 36.0 Å². The fourth-order valence-electron chi connectivity index (χ4n) is 9.74. The summed E-state index contributed by atoms with van der Waals surface area (Å²) in [5.74, 6) is -7.55. The van der Waals surface area contributed by atoms with Crippen LogP contribution in [0.1, 0.15) is 75.7 Å². The van der Waals surface area contributed by atoms with E-state index < -0.39 is 172 Å². The van der Waals surface area contributed by atoms with Gasteiger partial charge in [-0.15, -0.1) is 0 Å². The number of carbonyl (C=O) groups is 4. The first-order valence-corrected chi connectivity index (χ1v) is 25.6. The van der Waals surface area contributed by atoms with Gasteiger partial charge in [0.25, 0.3) is 11.7 Å². The molecular weight excluding hydrogens is 1050 g/mol. The molecule has 4 fully saturated rings. The van der Waals surface area contributed by atoms with E-state index in [1.54, 1.807) is 12.1 Å². The molecule has 4 aliphatic heterocycles. The number of methoxy groups -OCH3 is 1. The number of pyridine rings is 1. The summed E-state index contributed by atoms with van der Waals surface area (Å²) in [5.41, 5.74) is -0.229. The van der Waals surface area contributed by atoms with Crippen LogP contribution in [0.3, 0.4) is 0 Å². The number of carboxylic acids is 1. The van der Waals surface area contributed by atoms with Crippen LogP contribution in [0.25, 0.3) is 10.9 Å². The smallest absolute Gasteiger partial charge is 0.364 e. The first-order valence-electron chi connectivity index (χ1n) is 25.6. The Balaban J connectivity index is 1.36. The number of aliphatic hydroxyl groups is 11. The Labute approximate surface area is 446 Å². The molecular formula is C49H73N3O26. The van der Waals surface area contributed by atoms with Crippen LogP contribution < -0.4 is 10.6 Å². The summed E-state index contributed by atoms with van der Waals surface area (Å²) in [6, 6.07) is 4.09. The van der Waals surface area contributed by atoms with Crippen molar-refractivity contribution in [3.63, 3.8) is 0 Å². The molecule has 29 nitrogen and oxygen atoms in total. The normalized spacial score (nSPS) is 36.1. The Morgan fingerprint density at radius 1 is 0.756 bits per heavy atom. The highest BCUT2D eigenvalue weighted by Gasteiger charge is 2.61. The van der Waals surface area contributed by atoms with Gasteiger partial charge in [0.2, 0.25) is 5.91 Å². The van der Waals surface area contributed by atoms with Crippen molar-refractivity contribution in [1.29, 1.82) is 0 Å². The number of aliphatic carboxylic acids is 1. The van der Waals surface area contributed by atoms with Crippen LogP contribution in [0.4, 0.5) is 0 Å². The van der Waals surface area contributed by atoms with Crippen LogP contribution in [-0.4, -0.2) is 257 Å². The number of ether oxygens (including phenoxy) is 9. The number of unbranched alkanes of at least 4 members (excludes halogenated alkanes) is 5. The summed E-state index contributed by atoms with van der Waals surface area (Å²) in [5, 5.41) is 147. The average molecular weight is 1120 g/mol. The predicted octanol–water partition coefficient (Wildman–Crippen LogP) is -4.75. The molecule has 0 aliphatic carbocycles. The van der Waals surface area contributed by atoms with E-state index in [-0.39, 0.29) is 36.0 Å². The molecule has 5 heterocycles. The first-order chi connectivity index (χ1) is 37.1. The molecule has 78 heavy (non-hydrogen) atoms. The highest BCUT2D eigenvalue weighted by molar-refractivity contribution is 5.96. The monoisotopic (exact) mass is 1120 g/mol. The number of amides is 2. The van der Waals surface area contributed by atoms with Gasteiger partial charge in [0.1, 0.15) is 102 Å². The molecule has 4 saturated heterocycles. The molecule has 1 aromatic carbocycles. The molecule has 0 saturated carbocycles. The molecule has 2 aromatic rings. The van der Waals surface area contributed by atoms with Crippen molar-refractivity contribution in [3.8, 4) is 5.75 Å². The topological polar surface area (TPSA) is 451 Å². The number of hydrogen-bond acceptors (Lipinski definition) is 26. The summed E-state index contributed by atoms with van der Waals surface area (Å²) in [7, 11) is 1.31. The molecule has 440 valence electrons. The van der Waals surface area contributed by atoms with Crippen LogP contribution in [0.2, 0.25) is 0 Å². The number of aliphatic hydroxyl groups excluding tert-OH is 11. The van der Waals surface area contributed by atoms with Gasteiger partial charge >= 0.3 is 11.9 Å². The summed E-state index contributed by atoms with van der Waals surface area (Å²) in [6.07, 6.45) is -31.7. The Bertz CT molecular complexity index is 2290. The third-order valence-electron chi connectivity index (χ3n) is 14.1. The van der Waals surface area contributed by atoms with E-state index in [0.29, 0.717) is 24.6 Å². The second-order valence-electron chi connectivity index (χ2n) is 19.6. The Morgan fingerprint density at radius 2 is 1.41 bits per heavy atom. The molecule has 6 rings (SSSR count). The maximum atomic E-state index is 14.4. The molecule has 29 heteroatoms. The Morgan fingerprint density at radius 3 is 2.06 bits per heavy atom. The number of hydrogen-bond donors (Lipinski definition) is 15. The van der Waals surface area contributed by atoms with Crippen LogP contribution in [0.5, 0.6) is 5.75 Å². The van der Waals surface area contributed by atoms with E-state index in [1.807, 2.05) is 0 Å². The minimum Gasteiger partial charge on any atom is -0.506 e. The van der Waals surface area contributed by atoms with Gasteiger partial charge in [-0.05, 0) is 31.9 Å². The van der Waals surface area contributed by atoms with Gasteiger partial charge in [-0.25, -0.2) is 9.78 Å². The zero-order valence-electron chi connectivity index (χ0n) is 43.0. The lowest BCUT2D eigenvalue weighted by molar-refractivity contribution is -0.391. The average Bonchev–Trinajstić information content (AvgIpc) is 3.52. The van der Waals surface area contributed by atoms with Gasteiger partial charge in [-0.3, -0.25) is 14.4 Å². The predicted molar refractivity (Wildman–Crippen MR) is 258 cm³/mol. The number of esters is 1. The van der Waals surface area contributed by atoms with Crippen molar-refractivity contribution < 1.29 is 128 Å². The number of carboxylic acid groups (broad SMARTS) is 1. The summed E-state index contributed by atoms with van der Waals surface area (Å²) < 4.78 is 53.1. The number of nitrogens with one attached hydrogen (secondary N) is 2. The maximum Gasteiger partial charge on any atom is 0.364 e. The van der Waals surface area contributed by atoms with E-state index in [0.717, 1.165) is 26.2 Å². The van der Waals surface area contributed by atoms with E-state index in [1.165, 1.54) is 32.2 Å². The molecule has 0 radical (unpaired) electrons. The molecule has 0 spiro atoms. The Kier molecular flexibility index (Phi) is 22.8. The Hall–Kier alpha value is -4.45. The van der Waals surface area contributed by atoms with E-state index in [4.69, 9.17) is 37.9 Å². The number of fused-ring (bicyclic) bond motifs is 1. The maximum absolute atomic E-state index is 14.4. The van der Waals surface area contributed by atoms with Crippen LogP contribution in [0, 0.1) is 0 Å². The lowest BCUT2D eigenvalue weighted by atomic mass is 9.88. The SMILES string of the molecule is COC(=O)CCCCCCCCO[C@@H]1OC(CO)[C@H](OC2OC(CO)[C@@H](O)C(O[C@]3(C(=O)O)CC(O)[C@@H](NC(C)=O)C(C(O)C(O)CO)O3)C2O)C(O[C@@H]2OC(C)[C@H](O)C(O)C2O)C1NC(=O)c1ccc2cccc(O)c2n1.